The number of hydrogen-bond acceptors (Lipinski definition) is 2. The van der Waals surface area contributed by atoms with E-state index in [-0.39, 0.29) is 11.8 Å². The van der Waals surface area contributed by atoms with Gasteiger partial charge >= 0.3 is 0 Å². The number of hydrazone groups is 1. The van der Waals surface area contributed by atoms with E-state index >= 15 is 0 Å². The zero-order chi connectivity index (χ0) is 10.2. The van der Waals surface area contributed by atoms with Crippen molar-refractivity contribution in [3.8, 4) is 0 Å². The van der Waals surface area contributed by atoms with E-state index in [4.69, 9.17) is 0 Å². The Labute approximate surface area is 86.0 Å². The fourth-order valence-corrected chi connectivity index (χ4v) is 1.76. The van der Waals surface area contributed by atoms with Crippen molar-refractivity contribution in [1.29, 1.82) is 0 Å². The molecule has 0 spiro atoms. The second kappa shape index (κ2) is 6.57. The molecular weight excluding hydrogens is 176 g/mol. The highest BCUT2D eigenvalue weighted by atomic mass is 16.2. The molecule has 0 aliphatic heterocycles. The second-order valence-electron chi connectivity index (χ2n) is 3.91. The van der Waals surface area contributed by atoms with E-state index in [1.165, 1.54) is 19.3 Å². The first-order valence-corrected chi connectivity index (χ1v) is 5.66. The minimum Gasteiger partial charge on any atom is -0.273 e. The van der Waals surface area contributed by atoms with Crippen LogP contribution in [0.25, 0.3) is 0 Å². The molecule has 0 aromatic carbocycles. The number of rotatable bonds is 4. The lowest BCUT2D eigenvalue weighted by molar-refractivity contribution is -0.125. The minimum absolute atomic E-state index is 0.108. The molecule has 0 atom stereocenters. The molecule has 1 aliphatic rings. The predicted octanol–water partition coefficient (Wildman–Crippen LogP) is 2.47. The molecular formula is C11H20N2O. The first-order valence-electron chi connectivity index (χ1n) is 5.66. The molecule has 0 heterocycles. The minimum atomic E-state index is 0.108. The van der Waals surface area contributed by atoms with Crippen LogP contribution in [0.5, 0.6) is 0 Å². The van der Waals surface area contributed by atoms with E-state index in [0.717, 1.165) is 25.7 Å². The standard InChI is InChI=1S/C11H20N2O/c1-2-3-9-12-13-11(14)10-7-5-4-6-8-10/h9-10H,2-8H2,1H3,(H,13,14)/b12-9+. The smallest absolute Gasteiger partial charge is 0.243 e. The van der Waals surface area contributed by atoms with Crippen LogP contribution in [-0.2, 0) is 4.79 Å². The molecule has 0 radical (unpaired) electrons. The number of amides is 1. The maximum Gasteiger partial charge on any atom is 0.243 e. The van der Waals surface area contributed by atoms with Gasteiger partial charge in [-0.05, 0) is 19.3 Å². The summed E-state index contributed by atoms with van der Waals surface area (Å²) in [5.74, 6) is 0.319. The van der Waals surface area contributed by atoms with Crippen LogP contribution in [0, 0.1) is 5.92 Å². The SMILES string of the molecule is CCC/C=N/NC(=O)C1CCCCC1. The van der Waals surface area contributed by atoms with Gasteiger partial charge in [-0.2, -0.15) is 5.10 Å². The van der Waals surface area contributed by atoms with Gasteiger partial charge in [-0.3, -0.25) is 4.79 Å². The van der Waals surface area contributed by atoms with Crippen molar-refractivity contribution in [3.63, 3.8) is 0 Å². The summed E-state index contributed by atoms with van der Waals surface area (Å²) in [6.45, 7) is 2.09. The molecule has 80 valence electrons. The Morgan fingerprint density at radius 1 is 1.43 bits per heavy atom. The van der Waals surface area contributed by atoms with Crippen molar-refractivity contribution in [3.05, 3.63) is 0 Å². The molecule has 1 saturated carbocycles. The monoisotopic (exact) mass is 196 g/mol. The number of hydrogen-bond donors (Lipinski definition) is 1. The van der Waals surface area contributed by atoms with Crippen molar-refractivity contribution >= 4 is 12.1 Å². The van der Waals surface area contributed by atoms with Crippen LogP contribution in [0.2, 0.25) is 0 Å². The van der Waals surface area contributed by atoms with E-state index in [0.29, 0.717) is 0 Å². The van der Waals surface area contributed by atoms with Gasteiger partial charge in [0.05, 0.1) is 0 Å². The molecule has 14 heavy (non-hydrogen) atoms. The highest BCUT2D eigenvalue weighted by Crippen LogP contribution is 2.23. The van der Waals surface area contributed by atoms with Crippen LogP contribution < -0.4 is 5.43 Å². The van der Waals surface area contributed by atoms with Gasteiger partial charge < -0.3 is 0 Å². The molecule has 3 heteroatoms. The summed E-state index contributed by atoms with van der Waals surface area (Å²) < 4.78 is 0. The first-order chi connectivity index (χ1) is 6.84. The Balaban J connectivity index is 2.19. The molecule has 0 aromatic heterocycles. The lowest BCUT2D eigenvalue weighted by Crippen LogP contribution is -2.28. The third-order valence-corrected chi connectivity index (χ3v) is 2.66. The van der Waals surface area contributed by atoms with Gasteiger partial charge in [0.2, 0.25) is 5.91 Å². The zero-order valence-corrected chi connectivity index (χ0v) is 8.96. The number of carbonyl (C=O) groups excluding carboxylic acids is 1. The molecule has 1 amide bonds. The summed E-state index contributed by atoms with van der Waals surface area (Å²) >= 11 is 0. The van der Waals surface area contributed by atoms with Crippen molar-refractivity contribution in [1.82, 2.24) is 5.43 Å². The van der Waals surface area contributed by atoms with Crippen LogP contribution in [-0.4, -0.2) is 12.1 Å². The van der Waals surface area contributed by atoms with E-state index in [9.17, 15) is 4.79 Å². The highest BCUT2D eigenvalue weighted by molar-refractivity contribution is 5.79. The first kappa shape index (κ1) is 11.2. The summed E-state index contributed by atoms with van der Waals surface area (Å²) in [5.41, 5.74) is 2.62. The molecule has 1 fully saturated rings. The van der Waals surface area contributed by atoms with Crippen molar-refractivity contribution in [2.75, 3.05) is 0 Å². The maximum absolute atomic E-state index is 11.5. The van der Waals surface area contributed by atoms with Gasteiger partial charge in [0, 0.05) is 12.1 Å². The highest BCUT2D eigenvalue weighted by Gasteiger charge is 2.20. The van der Waals surface area contributed by atoms with Crippen LogP contribution in [0.15, 0.2) is 5.10 Å². The number of carbonyl (C=O) groups is 1. The topological polar surface area (TPSA) is 41.5 Å². The van der Waals surface area contributed by atoms with Crippen LogP contribution >= 0.6 is 0 Å². The van der Waals surface area contributed by atoms with Gasteiger partial charge in [0.15, 0.2) is 0 Å². The summed E-state index contributed by atoms with van der Waals surface area (Å²) in [7, 11) is 0. The van der Waals surface area contributed by atoms with Gasteiger partial charge in [0.25, 0.3) is 0 Å². The summed E-state index contributed by atoms with van der Waals surface area (Å²) in [4.78, 5) is 11.5. The van der Waals surface area contributed by atoms with E-state index in [2.05, 4.69) is 17.5 Å². The average molecular weight is 196 g/mol. The second-order valence-corrected chi connectivity index (χ2v) is 3.91. The van der Waals surface area contributed by atoms with Gasteiger partial charge in [-0.25, -0.2) is 5.43 Å². The van der Waals surface area contributed by atoms with Crippen molar-refractivity contribution < 1.29 is 4.79 Å². The van der Waals surface area contributed by atoms with Crippen LogP contribution in [0.1, 0.15) is 51.9 Å². The summed E-state index contributed by atoms with van der Waals surface area (Å²) in [5, 5.41) is 3.91. The largest absolute Gasteiger partial charge is 0.273 e. The molecule has 1 rings (SSSR count). The van der Waals surface area contributed by atoms with Crippen LogP contribution in [0.4, 0.5) is 0 Å². The Morgan fingerprint density at radius 3 is 2.79 bits per heavy atom. The number of nitrogens with one attached hydrogen (secondary N) is 1. The molecule has 0 bridgehead atoms. The quantitative estimate of drug-likeness (QED) is 0.544. The fraction of sp³-hybridized carbons (Fsp3) is 0.818. The lowest BCUT2D eigenvalue weighted by Gasteiger charge is -2.19. The van der Waals surface area contributed by atoms with E-state index < -0.39 is 0 Å². The van der Waals surface area contributed by atoms with Gasteiger partial charge in [0.1, 0.15) is 0 Å². The Morgan fingerprint density at radius 2 is 2.14 bits per heavy atom. The molecule has 1 aliphatic carbocycles. The van der Waals surface area contributed by atoms with Gasteiger partial charge in [-0.1, -0.05) is 32.6 Å². The lowest BCUT2D eigenvalue weighted by atomic mass is 9.89. The van der Waals surface area contributed by atoms with E-state index in [1.54, 1.807) is 6.21 Å². The summed E-state index contributed by atoms with van der Waals surface area (Å²) in [6, 6.07) is 0. The summed E-state index contributed by atoms with van der Waals surface area (Å²) in [6.07, 6.45) is 9.52. The zero-order valence-electron chi connectivity index (χ0n) is 8.96. The number of unbranched alkanes of at least 4 members (excludes halogenated alkanes) is 1. The fourth-order valence-electron chi connectivity index (χ4n) is 1.76. The Hall–Kier alpha value is -0.860. The molecule has 3 nitrogen and oxygen atoms in total. The molecule has 0 saturated heterocycles. The predicted molar refractivity (Wildman–Crippen MR) is 58.1 cm³/mol. The van der Waals surface area contributed by atoms with Crippen molar-refractivity contribution in [2.45, 2.75) is 51.9 Å². The molecule has 0 aromatic rings. The molecule has 1 N–H and O–H groups in total. The third kappa shape index (κ3) is 3.90. The maximum atomic E-state index is 11.5. The average Bonchev–Trinajstić information content (AvgIpc) is 2.25. The van der Waals surface area contributed by atoms with Crippen LogP contribution in [0.3, 0.4) is 0 Å². The normalized spacial score (nSPS) is 18.6. The van der Waals surface area contributed by atoms with E-state index in [1.807, 2.05) is 0 Å². The third-order valence-electron chi connectivity index (χ3n) is 2.66. The molecule has 0 unspecified atom stereocenters. The number of nitrogens with zero attached hydrogens (tertiary/aromatic N) is 1. The van der Waals surface area contributed by atoms with Crippen molar-refractivity contribution in [2.24, 2.45) is 11.0 Å². The van der Waals surface area contributed by atoms with Gasteiger partial charge in [-0.15, -0.1) is 0 Å². The Bertz CT molecular complexity index is 195. The Kier molecular flexibility index (Phi) is 5.27.